The van der Waals surface area contributed by atoms with Gasteiger partial charge in [-0.2, -0.15) is 0 Å². The zero-order valence-corrected chi connectivity index (χ0v) is 10.9. The van der Waals surface area contributed by atoms with Gasteiger partial charge in [0.2, 0.25) is 0 Å². The van der Waals surface area contributed by atoms with Crippen LogP contribution < -0.4 is 14.8 Å². The van der Waals surface area contributed by atoms with Crippen molar-refractivity contribution < 1.29 is 9.47 Å². The molecule has 0 aromatic heterocycles. The van der Waals surface area contributed by atoms with Crippen molar-refractivity contribution >= 4 is 0 Å². The molecule has 0 saturated heterocycles. The molecule has 18 heavy (non-hydrogen) atoms. The first kappa shape index (κ1) is 11.8. The van der Waals surface area contributed by atoms with E-state index in [1.54, 1.807) is 0 Å². The minimum Gasteiger partial charge on any atom is -0.486 e. The average molecular weight is 247 g/mol. The van der Waals surface area contributed by atoms with Crippen molar-refractivity contribution in [3.8, 4) is 11.5 Å². The van der Waals surface area contributed by atoms with E-state index in [2.05, 4.69) is 18.3 Å². The molecule has 1 aromatic carbocycles. The quantitative estimate of drug-likeness (QED) is 0.868. The lowest BCUT2D eigenvalue weighted by molar-refractivity contribution is 0.169. The van der Waals surface area contributed by atoms with Gasteiger partial charge in [-0.3, -0.25) is 0 Å². The van der Waals surface area contributed by atoms with Crippen molar-refractivity contribution in [3.05, 3.63) is 23.8 Å². The summed E-state index contributed by atoms with van der Waals surface area (Å²) in [4.78, 5) is 0. The lowest BCUT2D eigenvalue weighted by atomic mass is 10.1. The number of ether oxygens (including phenoxy) is 2. The van der Waals surface area contributed by atoms with Crippen molar-refractivity contribution in [2.24, 2.45) is 5.92 Å². The van der Waals surface area contributed by atoms with Crippen LogP contribution in [0.15, 0.2) is 18.2 Å². The summed E-state index contributed by atoms with van der Waals surface area (Å²) in [5.41, 5.74) is 1.20. The van der Waals surface area contributed by atoms with Crippen LogP contribution in [0.1, 0.15) is 31.7 Å². The molecule has 1 N–H and O–H groups in total. The van der Waals surface area contributed by atoms with Crippen molar-refractivity contribution in [1.29, 1.82) is 0 Å². The minimum absolute atomic E-state index is 0.581. The van der Waals surface area contributed by atoms with Crippen LogP contribution in [-0.4, -0.2) is 19.3 Å². The van der Waals surface area contributed by atoms with E-state index in [1.807, 2.05) is 12.1 Å². The summed E-state index contributed by atoms with van der Waals surface area (Å²) in [6, 6.07) is 6.71. The Kier molecular flexibility index (Phi) is 3.41. The number of hydrogen-bond donors (Lipinski definition) is 1. The molecule has 1 heterocycles. The summed E-state index contributed by atoms with van der Waals surface area (Å²) in [5.74, 6) is 2.78. The first-order chi connectivity index (χ1) is 8.83. The lowest BCUT2D eigenvalue weighted by Gasteiger charge is -2.22. The van der Waals surface area contributed by atoms with Gasteiger partial charge in [-0.25, -0.2) is 0 Å². The lowest BCUT2D eigenvalue weighted by Crippen LogP contribution is -2.26. The van der Waals surface area contributed by atoms with Crippen LogP contribution in [0.5, 0.6) is 11.5 Å². The first-order valence-electron chi connectivity index (χ1n) is 6.94. The molecule has 0 radical (unpaired) electrons. The van der Waals surface area contributed by atoms with E-state index < -0.39 is 0 Å². The van der Waals surface area contributed by atoms with Crippen LogP contribution in [0.3, 0.4) is 0 Å². The zero-order chi connectivity index (χ0) is 12.4. The summed E-state index contributed by atoms with van der Waals surface area (Å²) in [5, 5.41) is 3.58. The standard InChI is InChI=1S/C15H21NO2/c1-11(9-12-5-6-12)16-10-13-3-2-4-14-15(13)18-8-7-17-14/h2-4,11-12,16H,5-10H2,1H3. The third kappa shape index (κ3) is 2.78. The molecule has 3 rings (SSSR count). The number of nitrogens with one attached hydrogen (secondary N) is 1. The van der Waals surface area contributed by atoms with Gasteiger partial charge >= 0.3 is 0 Å². The highest BCUT2D eigenvalue weighted by Gasteiger charge is 2.23. The van der Waals surface area contributed by atoms with E-state index in [1.165, 1.54) is 24.8 Å². The van der Waals surface area contributed by atoms with Gasteiger partial charge in [-0.05, 0) is 25.3 Å². The van der Waals surface area contributed by atoms with Gasteiger partial charge in [0.1, 0.15) is 13.2 Å². The van der Waals surface area contributed by atoms with Gasteiger partial charge in [-0.15, -0.1) is 0 Å². The Balaban J connectivity index is 1.61. The van der Waals surface area contributed by atoms with Crippen LogP contribution in [0.4, 0.5) is 0 Å². The van der Waals surface area contributed by atoms with Crippen molar-refractivity contribution in [2.45, 2.75) is 38.8 Å². The second kappa shape index (κ2) is 5.19. The SMILES string of the molecule is CC(CC1CC1)NCc1cccc2c1OCCO2. The van der Waals surface area contributed by atoms with E-state index in [0.717, 1.165) is 24.0 Å². The second-order valence-corrected chi connectivity index (χ2v) is 5.40. The highest BCUT2D eigenvalue weighted by Crippen LogP contribution is 2.35. The molecule has 1 atom stereocenters. The highest BCUT2D eigenvalue weighted by atomic mass is 16.6. The van der Waals surface area contributed by atoms with E-state index >= 15 is 0 Å². The number of hydrogen-bond acceptors (Lipinski definition) is 3. The monoisotopic (exact) mass is 247 g/mol. The molecular formula is C15H21NO2. The minimum atomic E-state index is 0.581. The Morgan fingerprint density at radius 2 is 2.11 bits per heavy atom. The fourth-order valence-electron chi connectivity index (χ4n) is 2.49. The zero-order valence-electron chi connectivity index (χ0n) is 10.9. The molecule has 3 heteroatoms. The predicted molar refractivity (Wildman–Crippen MR) is 71.1 cm³/mol. The van der Waals surface area contributed by atoms with Gasteiger partial charge in [0, 0.05) is 18.2 Å². The summed E-state index contributed by atoms with van der Waals surface area (Å²) < 4.78 is 11.3. The van der Waals surface area contributed by atoms with Gasteiger partial charge in [0.05, 0.1) is 0 Å². The predicted octanol–water partition coefficient (Wildman–Crippen LogP) is 2.74. The van der Waals surface area contributed by atoms with E-state index in [0.29, 0.717) is 19.3 Å². The Labute approximate surface area is 108 Å². The third-order valence-electron chi connectivity index (χ3n) is 3.67. The molecule has 1 aliphatic carbocycles. The molecule has 1 aliphatic heterocycles. The third-order valence-corrected chi connectivity index (χ3v) is 3.67. The maximum atomic E-state index is 5.72. The number of benzene rings is 1. The van der Waals surface area contributed by atoms with Gasteiger partial charge in [-0.1, -0.05) is 25.0 Å². The number of rotatable bonds is 5. The molecule has 1 unspecified atom stereocenters. The largest absolute Gasteiger partial charge is 0.486 e. The van der Waals surface area contributed by atoms with Gasteiger partial charge in [0.15, 0.2) is 11.5 Å². The molecule has 1 aromatic rings. The van der Waals surface area contributed by atoms with Crippen LogP contribution >= 0.6 is 0 Å². The molecule has 0 bridgehead atoms. The maximum absolute atomic E-state index is 5.72. The van der Waals surface area contributed by atoms with E-state index in [4.69, 9.17) is 9.47 Å². The summed E-state index contributed by atoms with van der Waals surface area (Å²) in [6.45, 7) is 4.44. The molecule has 1 saturated carbocycles. The normalized spacial score (nSPS) is 19.6. The second-order valence-electron chi connectivity index (χ2n) is 5.40. The van der Waals surface area contributed by atoms with Crippen LogP contribution in [0.2, 0.25) is 0 Å². The smallest absolute Gasteiger partial charge is 0.165 e. The molecule has 0 amide bonds. The fraction of sp³-hybridized carbons (Fsp3) is 0.600. The topological polar surface area (TPSA) is 30.5 Å². The van der Waals surface area contributed by atoms with Crippen molar-refractivity contribution in [2.75, 3.05) is 13.2 Å². The molecule has 2 aliphatic rings. The molecule has 98 valence electrons. The van der Waals surface area contributed by atoms with Crippen LogP contribution in [0, 0.1) is 5.92 Å². The van der Waals surface area contributed by atoms with E-state index in [9.17, 15) is 0 Å². The molecule has 0 spiro atoms. The van der Waals surface area contributed by atoms with Crippen LogP contribution in [-0.2, 0) is 6.54 Å². The molecule has 3 nitrogen and oxygen atoms in total. The summed E-state index contributed by atoms with van der Waals surface area (Å²) in [6.07, 6.45) is 4.14. The molecule has 1 fully saturated rings. The summed E-state index contributed by atoms with van der Waals surface area (Å²) >= 11 is 0. The van der Waals surface area contributed by atoms with Gasteiger partial charge in [0.25, 0.3) is 0 Å². The molecular weight excluding hydrogens is 226 g/mol. The maximum Gasteiger partial charge on any atom is 0.165 e. The Bertz CT molecular complexity index is 415. The number of fused-ring (bicyclic) bond motifs is 1. The fourth-order valence-corrected chi connectivity index (χ4v) is 2.49. The van der Waals surface area contributed by atoms with Crippen LogP contribution in [0.25, 0.3) is 0 Å². The Morgan fingerprint density at radius 3 is 2.94 bits per heavy atom. The van der Waals surface area contributed by atoms with E-state index in [-0.39, 0.29) is 0 Å². The Hall–Kier alpha value is -1.22. The highest BCUT2D eigenvalue weighted by molar-refractivity contribution is 5.47. The summed E-state index contributed by atoms with van der Waals surface area (Å²) in [7, 11) is 0. The average Bonchev–Trinajstić information content (AvgIpc) is 3.20. The van der Waals surface area contributed by atoms with Crippen molar-refractivity contribution in [3.63, 3.8) is 0 Å². The number of para-hydroxylation sites is 1. The van der Waals surface area contributed by atoms with Gasteiger partial charge < -0.3 is 14.8 Å². The Morgan fingerprint density at radius 1 is 1.28 bits per heavy atom. The first-order valence-corrected chi connectivity index (χ1v) is 6.94. The van der Waals surface area contributed by atoms with Crippen molar-refractivity contribution in [1.82, 2.24) is 5.32 Å².